The van der Waals surface area contributed by atoms with Crippen molar-refractivity contribution in [3.8, 4) is 11.8 Å². The van der Waals surface area contributed by atoms with E-state index in [1.54, 1.807) is 20.8 Å². The molecule has 3 nitrogen and oxygen atoms in total. The van der Waals surface area contributed by atoms with Crippen molar-refractivity contribution in [1.82, 2.24) is 4.90 Å². The lowest BCUT2D eigenvalue weighted by Gasteiger charge is -2.31. The van der Waals surface area contributed by atoms with Crippen molar-refractivity contribution in [2.24, 2.45) is 0 Å². The predicted molar refractivity (Wildman–Crippen MR) is 65.0 cm³/mol. The van der Waals surface area contributed by atoms with Crippen LogP contribution >= 0.6 is 0 Å². The lowest BCUT2D eigenvalue weighted by Crippen LogP contribution is -2.46. The molecule has 2 N–H and O–H groups in total. The molecule has 1 fully saturated rings. The summed E-state index contributed by atoms with van der Waals surface area (Å²) in [7, 11) is 0. The van der Waals surface area contributed by atoms with Crippen molar-refractivity contribution in [3.63, 3.8) is 0 Å². The van der Waals surface area contributed by atoms with E-state index in [0.29, 0.717) is 6.54 Å². The van der Waals surface area contributed by atoms with E-state index in [1.165, 1.54) is 19.3 Å². The molecule has 16 heavy (non-hydrogen) atoms. The van der Waals surface area contributed by atoms with Crippen molar-refractivity contribution in [2.45, 2.75) is 51.2 Å². The molecule has 1 atom stereocenters. The molecule has 0 spiro atoms. The van der Waals surface area contributed by atoms with Gasteiger partial charge in [0.05, 0.1) is 12.1 Å². The number of nitrogens with zero attached hydrogens (tertiary/aromatic N) is 1. The SMILES string of the molecule is CC(C)(O)C(C)(O)C#CCN1CCCCC1. The Morgan fingerprint density at radius 1 is 1.06 bits per heavy atom. The maximum absolute atomic E-state index is 9.94. The predicted octanol–water partition coefficient (Wildman–Crippen LogP) is 0.998. The van der Waals surface area contributed by atoms with Gasteiger partial charge in [-0.1, -0.05) is 18.3 Å². The van der Waals surface area contributed by atoms with Crippen LogP contribution in [0.4, 0.5) is 0 Å². The topological polar surface area (TPSA) is 43.7 Å². The van der Waals surface area contributed by atoms with Gasteiger partial charge in [0.25, 0.3) is 0 Å². The van der Waals surface area contributed by atoms with E-state index in [9.17, 15) is 10.2 Å². The number of hydrogen-bond donors (Lipinski definition) is 2. The van der Waals surface area contributed by atoms with Gasteiger partial charge in [0, 0.05) is 0 Å². The fourth-order valence-corrected chi connectivity index (χ4v) is 1.59. The minimum absolute atomic E-state index is 0.687. The summed E-state index contributed by atoms with van der Waals surface area (Å²) in [4.78, 5) is 2.29. The summed E-state index contributed by atoms with van der Waals surface area (Å²) in [6.07, 6.45) is 3.79. The second-order valence-electron chi connectivity index (χ2n) is 5.27. The molecule has 1 aliphatic rings. The van der Waals surface area contributed by atoms with Crippen LogP contribution in [0.3, 0.4) is 0 Å². The summed E-state index contributed by atoms with van der Waals surface area (Å²) in [5, 5.41) is 19.7. The van der Waals surface area contributed by atoms with Crippen LogP contribution in [0.15, 0.2) is 0 Å². The first-order valence-corrected chi connectivity index (χ1v) is 6.00. The Morgan fingerprint density at radius 2 is 1.62 bits per heavy atom. The third kappa shape index (κ3) is 3.79. The molecule has 0 aliphatic carbocycles. The molecule has 1 heterocycles. The molecular formula is C13H23NO2. The normalized spacial score (nSPS) is 22.1. The number of likely N-dealkylation sites (tertiary alicyclic amines) is 1. The van der Waals surface area contributed by atoms with E-state index in [2.05, 4.69) is 16.7 Å². The Bertz CT molecular complexity index is 275. The third-order valence-corrected chi connectivity index (χ3v) is 3.27. The van der Waals surface area contributed by atoms with Crippen LogP contribution in [0.2, 0.25) is 0 Å². The molecule has 0 radical (unpaired) electrons. The van der Waals surface area contributed by atoms with Gasteiger partial charge in [-0.25, -0.2) is 0 Å². The van der Waals surface area contributed by atoms with Crippen LogP contribution in [0.25, 0.3) is 0 Å². The van der Waals surface area contributed by atoms with E-state index in [-0.39, 0.29) is 0 Å². The maximum Gasteiger partial charge on any atom is 0.150 e. The highest BCUT2D eigenvalue weighted by molar-refractivity contribution is 5.18. The first-order valence-electron chi connectivity index (χ1n) is 6.00. The van der Waals surface area contributed by atoms with E-state index >= 15 is 0 Å². The lowest BCUT2D eigenvalue weighted by atomic mass is 9.88. The largest absolute Gasteiger partial charge is 0.386 e. The highest BCUT2D eigenvalue weighted by atomic mass is 16.3. The summed E-state index contributed by atoms with van der Waals surface area (Å²) >= 11 is 0. The second-order valence-corrected chi connectivity index (χ2v) is 5.27. The molecule has 3 heteroatoms. The summed E-state index contributed by atoms with van der Waals surface area (Å²) < 4.78 is 0. The Hall–Kier alpha value is -0.560. The van der Waals surface area contributed by atoms with Crippen molar-refractivity contribution in [1.29, 1.82) is 0 Å². The highest BCUT2D eigenvalue weighted by Gasteiger charge is 2.35. The van der Waals surface area contributed by atoms with Crippen LogP contribution in [-0.4, -0.2) is 45.9 Å². The Balaban J connectivity index is 2.47. The van der Waals surface area contributed by atoms with Gasteiger partial charge in [-0.15, -0.1) is 0 Å². The monoisotopic (exact) mass is 225 g/mol. The van der Waals surface area contributed by atoms with E-state index in [0.717, 1.165) is 13.1 Å². The Labute approximate surface area is 98.5 Å². The smallest absolute Gasteiger partial charge is 0.150 e. The molecule has 1 saturated heterocycles. The molecule has 1 rings (SSSR count). The number of piperidine rings is 1. The van der Waals surface area contributed by atoms with Gasteiger partial charge in [-0.2, -0.15) is 0 Å². The van der Waals surface area contributed by atoms with Crippen molar-refractivity contribution in [3.05, 3.63) is 0 Å². The number of hydrogen-bond acceptors (Lipinski definition) is 3. The highest BCUT2D eigenvalue weighted by Crippen LogP contribution is 2.19. The van der Waals surface area contributed by atoms with Crippen molar-refractivity contribution >= 4 is 0 Å². The molecule has 1 unspecified atom stereocenters. The van der Waals surface area contributed by atoms with Gasteiger partial charge in [0.2, 0.25) is 0 Å². The fraction of sp³-hybridized carbons (Fsp3) is 0.846. The average Bonchev–Trinajstić information content (AvgIpc) is 2.17. The quantitative estimate of drug-likeness (QED) is 0.689. The van der Waals surface area contributed by atoms with Crippen LogP contribution in [0.5, 0.6) is 0 Å². The zero-order valence-corrected chi connectivity index (χ0v) is 10.6. The zero-order chi connectivity index (χ0) is 12.2. The average molecular weight is 225 g/mol. The van der Waals surface area contributed by atoms with Crippen molar-refractivity contribution in [2.75, 3.05) is 19.6 Å². The van der Waals surface area contributed by atoms with Crippen LogP contribution in [0.1, 0.15) is 40.0 Å². The minimum atomic E-state index is -1.34. The first kappa shape index (κ1) is 13.5. The van der Waals surface area contributed by atoms with E-state index < -0.39 is 11.2 Å². The molecule has 1 aliphatic heterocycles. The van der Waals surface area contributed by atoms with Gasteiger partial charge in [0.15, 0.2) is 5.60 Å². The first-order chi connectivity index (χ1) is 7.33. The van der Waals surface area contributed by atoms with E-state index in [1.807, 2.05) is 0 Å². The second kappa shape index (κ2) is 5.18. The third-order valence-electron chi connectivity index (χ3n) is 3.27. The molecule has 0 saturated carbocycles. The van der Waals surface area contributed by atoms with Crippen LogP contribution in [-0.2, 0) is 0 Å². The van der Waals surface area contributed by atoms with Crippen molar-refractivity contribution < 1.29 is 10.2 Å². The Kier molecular flexibility index (Phi) is 4.37. The summed E-state index contributed by atoms with van der Waals surface area (Å²) in [6.45, 7) is 7.58. The number of rotatable bonds is 2. The van der Waals surface area contributed by atoms with Crippen LogP contribution < -0.4 is 0 Å². The summed E-state index contributed by atoms with van der Waals surface area (Å²) in [6, 6.07) is 0. The fourth-order valence-electron chi connectivity index (χ4n) is 1.59. The van der Waals surface area contributed by atoms with Gasteiger partial charge in [-0.05, 0) is 46.7 Å². The van der Waals surface area contributed by atoms with Gasteiger partial charge >= 0.3 is 0 Å². The van der Waals surface area contributed by atoms with Gasteiger partial charge in [0.1, 0.15) is 0 Å². The molecule has 0 aromatic rings. The Morgan fingerprint density at radius 3 is 2.12 bits per heavy atom. The maximum atomic E-state index is 9.94. The zero-order valence-electron chi connectivity index (χ0n) is 10.6. The van der Waals surface area contributed by atoms with Gasteiger partial charge < -0.3 is 10.2 Å². The molecule has 0 aromatic heterocycles. The lowest BCUT2D eigenvalue weighted by molar-refractivity contribution is -0.0821. The van der Waals surface area contributed by atoms with E-state index in [4.69, 9.17) is 0 Å². The molecule has 0 bridgehead atoms. The standard InChI is InChI=1S/C13H23NO2/c1-12(2,15)13(3,16)8-7-11-14-9-5-4-6-10-14/h15-16H,4-6,9-11H2,1-3H3. The molecule has 0 aromatic carbocycles. The minimum Gasteiger partial charge on any atom is -0.386 e. The number of aliphatic hydroxyl groups is 2. The summed E-state index contributed by atoms with van der Waals surface area (Å²) in [5.74, 6) is 5.73. The summed E-state index contributed by atoms with van der Waals surface area (Å²) in [5.41, 5.74) is -2.54. The molecule has 0 amide bonds. The molecule has 92 valence electrons. The van der Waals surface area contributed by atoms with Gasteiger partial charge in [-0.3, -0.25) is 4.90 Å². The molecular weight excluding hydrogens is 202 g/mol. The van der Waals surface area contributed by atoms with Crippen LogP contribution in [0, 0.1) is 11.8 Å².